The number of hydrogen-bond acceptors (Lipinski definition) is 5. The molecule has 1 aliphatic heterocycles. The Hall–Kier alpha value is -2.30. The molecular formula is C13H13N3O2. The fraction of sp³-hybridized carbons (Fsp3) is 0.231. The van der Waals surface area contributed by atoms with Crippen molar-refractivity contribution in [3.8, 4) is 22.8 Å². The first-order valence-electron chi connectivity index (χ1n) is 5.74. The minimum atomic E-state index is 0.411. The van der Waals surface area contributed by atoms with Crippen molar-refractivity contribution >= 4 is 5.82 Å². The SMILES string of the molecule is Cc1cc2c(cc1-c1ccc(N)nn1)OCCO2. The van der Waals surface area contributed by atoms with Crippen molar-refractivity contribution in [3.63, 3.8) is 0 Å². The van der Waals surface area contributed by atoms with Gasteiger partial charge in [0.1, 0.15) is 19.0 Å². The maximum Gasteiger partial charge on any atom is 0.162 e. The molecule has 0 bridgehead atoms. The van der Waals surface area contributed by atoms with Crippen LogP contribution in [0.25, 0.3) is 11.3 Å². The lowest BCUT2D eigenvalue weighted by molar-refractivity contribution is 0.171. The number of ether oxygens (including phenoxy) is 2. The first-order valence-corrected chi connectivity index (χ1v) is 5.74. The van der Waals surface area contributed by atoms with Crippen LogP contribution < -0.4 is 15.2 Å². The second-order valence-electron chi connectivity index (χ2n) is 4.15. The zero-order valence-electron chi connectivity index (χ0n) is 10.0. The van der Waals surface area contributed by atoms with E-state index < -0.39 is 0 Å². The number of rotatable bonds is 1. The van der Waals surface area contributed by atoms with Crippen LogP contribution in [0, 0.1) is 6.92 Å². The van der Waals surface area contributed by atoms with E-state index in [0.717, 1.165) is 28.3 Å². The molecule has 92 valence electrons. The molecule has 2 heterocycles. The summed E-state index contributed by atoms with van der Waals surface area (Å²) in [4.78, 5) is 0. The van der Waals surface area contributed by atoms with Gasteiger partial charge in [-0.2, -0.15) is 0 Å². The van der Waals surface area contributed by atoms with Crippen molar-refractivity contribution in [2.75, 3.05) is 18.9 Å². The van der Waals surface area contributed by atoms with Crippen molar-refractivity contribution < 1.29 is 9.47 Å². The van der Waals surface area contributed by atoms with Crippen LogP contribution in [0.2, 0.25) is 0 Å². The Morgan fingerprint density at radius 3 is 2.44 bits per heavy atom. The van der Waals surface area contributed by atoms with Gasteiger partial charge in [0, 0.05) is 5.56 Å². The Labute approximate surface area is 105 Å². The van der Waals surface area contributed by atoms with E-state index in [1.54, 1.807) is 6.07 Å². The summed E-state index contributed by atoms with van der Waals surface area (Å²) in [5.41, 5.74) is 8.36. The zero-order chi connectivity index (χ0) is 12.5. The molecule has 0 aliphatic carbocycles. The summed E-state index contributed by atoms with van der Waals surface area (Å²) >= 11 is 0. The van der Waals surface area contributed by atoms with Crippen LogP contribution in [0.3, 0.4) is 0 Å². The lowest BCUT2D eigenvalue weighted by Crippen LogP contribution is -2.15. The fourth-order valence-electron chi connectivity index (χ4n) is 1.95. The average molecular weight is 243 g/mol. The molecule has 0 fully saturated rings. The van der Waals surface area contributed by atoms with E-state index in [-0.39, 0.29) is 0 Å². The Kier molecular flexibility index (Phi) is 2.51. The topological polar surface area (TPSA) is 70.3 Å². The van der Waals surface area contributed by atoms with Gasteiger partial charge in [0.05, 0.1) is 5.69 Å². The molecule has 1 aromatic carbocycles. The number of nitrogen functional groups attached to an aromatic ring is 1. The van der Waals surface area contributed by atoms with Gasteiger partial charge in [0.15, 0.2) is 11.5 Å². The molecule has 0 radical (unpaired) electrons. The quantitative estimate of drug-likeness (QED) is 0.827. The first kappa shape index (κ1) is 10.8. The number of benzene rings is 1. The summed E-state index contributed by atoms with van der Waals surface area (Å²) in [6.07, 6.45) is 0. The summed E-state index contributed by atoms with van der Waals surface area (Å²) < 4.78 is 11.1. The minimum absolute atomic E-state index is 0.411. The van der Waals surface area contributed by atoms with E-state index in [2.05, 4.69) is 10.2 Å². The Balaban J connectivity index is 2.09. The van der Waals surface area contributed by atoms with E-state index >= 15 is 0 Å². The summed E-state index contributed by atoms with van der Waals surface area (Å²) in [6.45, 7) is 3.17. The highest BCUT2D eigenvalue weighted by Crippen LogP contribution is 2.36. The van der Waals surface area contributed by atoms with Gasteiger partial charge < -0.3 is 15.2 Å². The largest absolute Gasteiger partial charge is 0.486 e. The molecule has 3 rings (SSSR count). The molecule has 0 unspecified atom stereocenters. The predicted molar refractivity (Wildman–Crippen MR) is 67.6 cm³/mol. The van der Waals surface area contributed by atoms with Gasteiger partial charge in [-0.3, -0.25) is 0 Å². The molecule has 2 N–H and O–H groups in total. The van der Waals surface area contributed by atoms with Crippen LogP contribution in [0.15, 0.2) is 24.3 Å². The number of fused-ring (bicyclic) bond motifs is 1. The number of aromatic nitrogens is 2. The Bertz CT molecular complexity index is 582. The molecule has 0 atom stereocenters. The van der Waals surface area contributed by atoms with Crippen molar-refractivity contribution in [1.29, 1.82) is 0 Å². The smallest absolute Gasteiger partial charge is 0.162 e. The molecular weight excluding hydrogens is 230 g/mol. The van der Waals surface area contributed by atoms with E-state index in [1.165, 1.54) is 0 Å². The molecule has 5 heteroatoms. The predicted octanol–water partition coefficient (Wildman–Crippen LogP) is 1.81. The van der Waals surface area contributed by atoms with Crippen LogP contribution in [0.4, 0.5) is 5.82 Å². The average Bonchev–Trinajstić information content (AvgIpc) is 2.39. The lowest BCUT2D eigenvalue weighted by atomic mass is 10.0. The summed E-state index contributed by atoms with van der Waals surface area (Å²) in [5, 5.41) is 7.95. The molecule has 0 saturated heterocycles. The van der Waals surface area contributed by atoms with Gasteiger partial charge in [-0.1, -0.05) is 0 Å². The molecule has 1 aliphatic rings. The van der Waals surface area contributed by atoms with Crippen LogP contribution in [-0.4, -0.2) is 23.4 Å². The second kappa shape index (κ2) is 4.18. The molecule has 0 spiro atoms. The molecule has 0 amide bonds. The third-order valence-electron chi connectivity index (χ3n) is 2.85. The van der Waals surface area contributed by atoms with E-state index in [0.29, 0.717) is 19.0 Å². The maximum atomic E-state index is 5.57. The van der Waals surface area contributed by atoms with E-state index in [9.17, 15) is 0 Å². The summed E-state index contributed by atoms with van der Waals surface area (Å²) in [7, 11) is 0. The highest BCUT2D eigenvalue weighted by atomic mass is 16.6. The molecule has 0 saturated carbocycles. The first-order chi connectivity index (χ1) is 8.74. The van der Waals surface area contributed by atoms with Crippen LogP contribution in [0.1, 0.15) is 5.56 Å². The molecule has 1 aromatic heterocycles. The van der Waals surface area contributed by atoms with Crippen LogP contribution in [0.5, 0.6) is 11.5 Å². The van der Waals surface area contributed by atoms with E-state index in [1.807, 2.05) is 25.1 Å². The monoisotopic (exact) mass is 243 g/mol. The number of hydrogen-bond donors (Lipinski definition) is 1. The third-order valence-corrected chi connectivity index (χ3v) is 2.85. The number of anilines is 1. The standard InChI is InChI=1S/C13H13N3O2/c1-8-6-11-12(18-5-4-17-11)7-9(8)10-2-3-13(14)16-15-10/h2-3,6-7H,4-5H2,1H3,(H2,14,16). The number of nitrogens with two attached hydrogens (primary N) is 1. The third kappa shape index (κ3) is 1.84. The summed E-state index contributed by atoms with van der Waals surface area (Å²) in [6, 6.07) is 7.48. The maximum absolute atomic E-state index is 5.57. The van der Waals surface area contributed by atoms with Gasteiger partial charge in [-0.25, -0.2) is 0 Å². The summed E-state index contributed by atoms with van der Waals surface area (Å²) in [5.74, 6) is 1.94. The Morgan fingerprint density at radius 1 is 1.06 bits per heavy atom. The van der Waals surface area contributed by atoms with Gasteiger partial charge in [0.2, 0.25) is 0 Å². The fourth-order valence-corrected chi connectivity index (χ4v) is 1.95. The van der Waals surface area contributed by atoms with Crippen LogP contribution in [-0.2, 0) is 0 Å². The highest BCUT2D eigenvalue weighted by Gasteiger charge is 2.15. The minimum Gasteiger partial charge on any atom is -0.486 e. The number of aryl methyl sites for hydroxylation is 1. The molecule has 5 nitrogen and oxygen atoms in total. The van der Waals surface area contributed by atoms with Gasteiger partial charge in [0.25, 0.3) is 0 Å². The van der Waals surface area contributed by atoms with Crippen LogP contribution >= 0.6 is 0 Å². The van der Waals surface area contributed by atoms with Crippen molar-refractivity contribution in [3.05, 3.63) is 29.8 Å². The van der Waals surface area contributed by atoms with Crippen molar-refractivity contribution in [2.45, 2.75) is 6.92 Å². The Morgan fingerprint density at radius 2 is 1.78 bits per heavy atom. The van der Waals surface area contributed by atoms with Gasteiger partial charge in [-0.05, 0) is 36.8 Å². The second-order valence-corrected chi connectivity index (χ2v) is 4.15. The molecule has 18 heavy (non-hydrogen) atoms. The lowest BCUT2D eigenvalue weighted by Gasteiger charge is -2.20. The van der Waals surface area contributed by atoms with E-state index in [4.69, 9.17) is 15.2 Å². The van der Waals surface area contributed by atoms with Gasteiger partial charge in [-0.15, -0.1) is 10.2 Å². The van der Waals surface area contributed by atoms with Crippen molar-refractivity contribution in [1.82, 2.24) is 10.2 Å². The van der Waals surface area contributed by atoms with Crippen molar-refractivity contribution in [2.24, 2.45) is 0 Å². The number of nitrogens with zero attached hydrogens (tertiary/aromatic N) is 2. The normalized spacial score (nSPS) is 13.4. The highest BCUT2D eigenvalue weighted by molar-refractivity contribution is 5.68. The van der Waals surface area contributed by atoms with Gasteiger partial charge >= 0.3 is 0 Å². The zero-order valence-corrected chi connectivity index (χ0v) is 10.0. The molecule has 2 aromatic rings.